The summed E-state index contributed by atoms with van der Waals surface area (Å²) in [7, 11) is 0. The van der Waals surface area contributed by atoms with Crippen LogP contribution in [-0.2, 0) is 6.61 Å². The van der Waals surface area contributed by atoms with Crippen molar-refractivity contribution in [2.24, 2.45) is 0 Å². The van der Waals surface area contributed by atoms with Gasteiger partial charge in [0.05, 0.1) is 0 Å². The van der Waals surface area contributed by atoms with Gasteiger partial charge in [-0.25, -0.2) is 0 Å². The minimum atomic E-state index is -0.0882. The molecule has 4 heteroatoms. The zero-order valence-electron chi connectivity index (χ0n) is 12.2. The maximum atomic E-state index is 9.39. The molecule has 0 fully saturated rings. The molecule has 2 rings (SSSR count). The molecule has 1 N–H and O–H groups in total. The Kier molecular flexibility index (Phi) is 3.71. The van der Waals surface area contributed by atoms with Crippen LogP contribution >= 0.6 is 0 Å². The molecular formula is C15H21N3O. The van der Waals surface area contributed by atoms with Crippen molar-refractivity contribution in [3.05, 3.63) is 34.6 Å². The third-order valence-corrected chi connectivity index (χ3v) is 3.32. The number of hydrogen-bond donors (Lipinski definition) is 1. The quantitative estimate of drug-likeness (QED) is 0.922. The van der Waals surface area contributed by atoms with E-state index in [1.807, 2.05) is 4.57 Å². The van der Waals surface area contributed by atoms with Gasteiger partial charge in [-0.1, -0.05) is 17.7 Å². The zero-order valence-corrected chi connectivity index (χ0v) is 12.2. The SMILES string of the molecule is Cc1cc(C)c(-c2nnc(CO)n2C(C)C)c(C)c1. The van der Waals surface area contributed by atoms with E-state index in [4.69, 9.17) is 0 Å². The van der Waals surface area contributed by atoms with E-state index < -0.39 is 0 Å². The summed E-state index contributed by atoms with van der Waals surface area (Å²) in [6, 6.07) is 4.52. The highest BCUT2D eigenvalue weighted by molar-refractivity contribution is 5.65. The highest BCUT2D eigenvalue weighted by atomic mass is 16.3. The van der Waals surface area contributed by atoms with Gasteiger partial charge in [-0.3, -0.25) is 0 Å². The molecule has 0 radical (unpaired) electrons. The maximum absolute atomic E-state index is 9.39. The van der Waals surface area contributed by atoms with Gasteiger partial charge in [-0.05, 0) is 45.7 Å². The number of aryl methyl sites for hydroxylation is 3. The summed E-state index contributed by atoms with van der Waals surface area (Å²) in [5, 5.41) is 17.8. The van der Waals surface area contributed by atoms with E-state index in [1.54, 1.807) is 0 Å². The van der Waals surface area contributed by atoms with Crippen molar-refractivity contribution < 1.29 is 5.11 Å². The van der Waals surface area contributed by atoms with Crippen molar-refractivity contribution in [3.63, 3.8) is 0 Å². The normalized spacial score (nSPS) is 11.3. The Morgan fingerprint density at radius 2 is 1.68 bits per heavy atom. The van der Waals surface area contributed by atoms with Gasteiger partial charge in [-0.15, -0.1) is 10.2 Å². The van der Waals surface area contributed by atoms with Gasteiger partial charge < -0.3 is 9.67 Å². The summed E-state index contributed by atoms with van der Waals surface area (Å²) >= 11 is 0. The van der Waals surface area contributed by atoms with Crippen LogP contribution in [0.25, 0.3) is 11.4 Å². The van der Waals surface area contributed by atoms with E-state index in [2.05, 4.69) is 56.9 Å². The number of benzene rings is 1. The lowest BCUT2D eigenvalue weighted by atomic mass is 9.99. The van der Waals surface area contributed by atoms with Crippen molar-refractivity contribution in [2.75, 3.05) is 0 Å². The van der Waals surface area contributed by atoms with E-state index in [-0.39, 0.29) is 12.6 Å². The Bertz CT molecular complexity index is 576. The fourth-order valence-corrected chi connectivity index (χ4v) is 2.68. The van der Waals surface area contributed by atoms with Crippen LogP contribution in [0.15, 0.2) is 12.1 Å². The van der Waals surface area contributed by atoms with Crippen molar-refractivity contribution in [1.29, 1.82) is 0 Å². The molecule has 0 bridgehead atoms. The van der Waals surface area contributed by atoms with Gasteiger partial charge in [0.15, 0.2) is 11.6 Å². The Hall–Kier alpha value is -1.68. The Morgan fingerprint density at radius 1 is 1.11 bits per heavy atom. The van der Waals surface area contributed by atoms with E-state index in [0.717, 1.165) is 11.4 Å². The second-order valence-electron chi connectivity index (χ2n) is 5.34. The monoisotopic (exact) mass is 259 g/mol. The van der Waals surface area contributed by atoms with Gasteiger partial charge in [0.2, 0.25) is 0 Å². The number of rotatable bonds is 3. The van der Waals surface area contributed by atoms with Crippen LogP contribution in [0.3, 0.4) is 0 Å². The topological polar surface area (TPSA) is 50.9 Å². The van der Waals surface area contributed by atoms with Crippen LogP contribution in [0, 0.1) is 20.8 Å². The molecule has 0 aliphatic carbocycles. The van der Waals surface area contributed by atoms with Gasteiger partial charge in [0.25, 0.3) is 0 Å². The summed E-state index contributed by atoms with van der Waals surface area (Å²) in [5.74, 6) is 1.46. The fraction of sp³-hybridized carbons (Fsp3) is 0.467. The molecule has 2 aromatic rings. The molecule has 19 heavy (non-hydrogen) atoms. The maximum Gasteiger partial charge on any atom is 0.164 e. The first-order valence-corrected chi connectivity index (χ1v) is 6.58. The molecule has 1 aromatic heterocycles. The number of aliphatic hydroxyl groups excluding tert-OH is 1. The first kappa shape index (κ1) is 13.7. The largest absolute Gasteiger partial charge is 0.388 e. The standard InChI is InChI=1S/C15H21N3O/c1-9(2)18-13(8-19)16-17-15(18)14-11(4)6-10(3)7-12(14)5/h6-7,9,19H,8H2,1-5H3. The fourth-order valence-electron chi connectivity index (χ4n) is 2.68. The first-order valence-electron chi connectivity index (χ1n) is 6.58. The second-order valence-corrected chi connectivity index (χ2v) is 5.34. The van der Waals surface area contributed by atoms with Crippen molar-refractivity contribution in [3.8, 4) is 11.4 Å². The lowest BCUT2D eigenvalue weighted by Crippen LogP contribution is -2.09. The van der Waals surface area contributed by atoms with Gasteiger partial charge in [0.1, 0.15) is 6.61 Å². The summed E-state index contributed by atoms with van der Waals surface area (Å²) < 4.78 is 2.00. The van der Waals surface area contributed by atoms with Crippen LogP contribution in [0.2, 0.25) is 0 Å². The predicted octanol–water partition coefficient (Wildman–Crippen LogP) is 2.94. The summed E-state index contributed by atoms with van der Waals surface area (Å²) in [6.07, 6.45) is 0. The molecule has 0 spiro atoms. The molecular weight excluding hydrogens is 238 g/mol. The van der Waals surface area contributed by atoms with Crippen LogP contribution in [0.4, 0.5) is 0 Å². The second kappa shape index (κ2) is 5.13. The summed E-state index contributed by atoms with van der Waals surface area (Å²) in [4.78, 5) is 0. The molecule has 0 amide bonds. The van der Waals surface area contributed by atoms with Crippen molar-refractivity contribution in [1.82, 2.24) is 14.8 Å². The van der Waals surface area contributed by atoms with E-state index >= 15 is 0 Å². The lowest BCUT2D eigenvalue weighted by Gasteiger charge is -2.16. The molecule has 0 unspecified atom stereocenters. The molecule has 0 saturated heterocycles. The highest BCUT2D eigenvalue weighted by Crippen LogP contribution is 2.29. The number of hydrogen-bond acceptors (Lipinski definition) is 3. The minimum absolute atomic E-state index is 0.0882. The van der Waals surface area contributed by atoms with Gasteiger partial charge in [-0.2, -0.15) is 0 Å². The van der Waals surface area contributed by atoms with Crippen LogP contribution in [0.1, 0.15) is 42.4 Å². The molecule has 0 saturated carbocycles. The number of aromatic nitrogens is 3. The lowest BCUT2D eigenvalue weighted by molar-refractivity contribution is 0.262. The highest BCUT2D eigenvalue weighted by Gasteiger charge is 2.18. The first-order chi connectivity index (χ1) is 8.95. The van der Waals surface area contributed by atoms with Crippen molar-refractivity contribution >= 4 is 0 Å². The van der Waals surface area contributed by atoms with Gasteiger partial charge in [0, 0.05) is 11.6 Å². The van der Waals surface area contributed by atoms with E-state index in [0.29, 0.717) is 5.82 Å². The average Bonchev–Trinajstić information content (AvgIpc) is 2.71. The predicted molar refractivity (Wildman–Crippen MR) is 76.0 cm³/mol. The average molecular weight is 259 g/mol. The minimum Gasteiger partial charge on any atom is -0.388 e. The molecule has 4 nitrogen and oxygen atoms in total. The van der Waals surface area contributed by atoms with Crippen molar-refractivity contribution in [2.45, 2.75) is 47.3 Å². The molecule has 0 aliphatic heterocycles. The van der Waals surface area contributed by atoms with Gasteiger partial charge >= 0.3 is 0 Å². The van der Waals surface area contributed by atoms with E-state index in [1.165, 1.54) is 16.7 Å². The number of aliphatic hydroxyl groups is 1. The smallest absolute Gasteiger partial charge is 0.164 e. The molecule has 0 atom stereocenters. The molecule has 0 aliphatic rings. The Morgan fingerprint density at radius 3 is 2.16 bits per heavy atom. The van der Waals surface area contributed by atoms with E-state index in [9.17, 15) is 5.11 Å². The Balaban J connectivity index is 2.69. The summed E-state index contributed by atoms with van der Waals surface area (Å²) in [5.41, 5.74) is 4.75. The van der Waals surface area contributed by atoms with Crippen LogP contribution in [-0.4, -0.2) is 19.9 Å². The molecule has 1 aromatic carbocycles. The molecule has 102 valence electrons. The number of nitrogens with zero attached hydrogens (tertiary/aromatic N) is 3. The summed E-state index contributed by atoms with van der Waals surface area (Å²) in [6.45, 7) is 10.3. The van der Waals surface area contributed by atoms with Crippen LogP contribution < -0.4 is 0 Å². The van der Waals surface area contributed by atoms with Crippen LogP contribution in [0.5, 0.6) is 0 Å². The molecule has 1 heterocycles. The third kappa shape index (κ3) is 2.40. The zero-order chi connectivity index (χ0) is 14.2. The Labute approximate surface area is 114 Å². The third-order valence-electron chi connectivity index (χ3n) is 3.32.